The molecule has 2 aromatic rings. The van der Waals surface area contributed by atoms with Crippen molar-refractivity contribution in [2.45, 2.75) is 25.8 Å². The van der Waals surface area contributed by atoms with Gasteiger partial charge in [-0.2, -0.15) is 0 Å². The van der Waals surface area contributed by atoms with Gasteiger partial charge in [0, 0.05) is 5.56 Å². The lowest BCUT2D eigenvalue weighted by molar-refractivity contribution is 0.100. The van der Waals surface area contributed by atoms with Crippen LogP contribution in [-0.4, -0.2) is 5.91 Å². The molecule has 0 saturated heterocycles. The van der Waals surface area contributed by atoms with Crippen molar-refractivity contribution in [3.63, 3.8) is 0 Å². The molecule has 1 atom stereocenters. The van der Waals surface area contributed by atoms with Crippen LogP contribution in [0.25, 0.3) is 0 Å². The molecule has 1 amide bonds. The van der Waals surface area contributed by atoms with E-state index in [0.717, 1.165) is 18.5 Å². The maximum Gasteiger partial charge on any atom is 0.248 e. The van der Waals surface area contributed by atoms with Crippen molar-refractivity contribution >= 4 is 23.2 Å². The van der Waals surface area contributed by atoms with Crippen molar-refractivity contribution < 1.29 is 4.79 Å². The number of carbonyl (C=O) groups is 1. The van der Waals surface area contributed by atoms with Crippen LogP contribution >= 0.6 is 11.6 Å². The van der Waals surface area contributed by atoms with Crippen molar-refractivity contribution in [2.75, 3.05) is 5.32 Å². The van der Waals surface area contributed by atoms with E-state index in [-0.39, 0.29) is 6.04 Å². The van der Waals surface area contributed by atoms with Crippen LogP contribution in [0.15, 0.2) is 36.4 Å². The molecule has 3 N–H and O–H groups in total. The molecule has 2 aromatic carbocycles. The second-order valence-corrected chi connectivity index (χ2v) is 5.90. The largest absolute Gasteiger partial charge is 0.377 e. The number of hydrogen-bond acceptors (Lipinski definition) is 2. The first kappa shape index (κ1) is 14.0. The fraction of sp³-hybridized carbons (Fsp3) is 0.235. The van der Waals surface area contributed by atoms with Gasteiger partial charge in [-0.3, -0.25) is 4.79 Å². The second-order valence-electron chi connectivity index (χ2n) is 5.50. The fourth-order valence-corrected chi connectivity index (χ4v) is 3.02. The minimum absolute atomic E-state index is 0.223. The number of fused-ring (bicyclic) bond motifs is 1. The van der Waals surface area contributed by atoms with Gasteiger partial charge >= 0.3 is 0 Å². The van der Waals surface area contributed by atoms with Crippen LogP contribution in [-0.2, 0) is 6.42 Å². The van der Waals surface area contributed by atoms with Crippen molar-refractivity contribution in [3.8, 4) is 0 Å². The summed E-state index contributed by atoms with van der Waals surface area (Å²) < 4.78 is 0. The van der Waals surface area contributed by atoms with E-state index in [4.69, 9.17) is 17.3 Å². The van der Waals surface area contributed by atoms with Crippen molar-refractivity contribution in [3.05, 3.63) is 63.7 Å². The van der Waals surface area contributed by atoms with Gasteiger partial charge in [0.1, 0.15) is 0 Å². The van der Waals surface area contributed by atoms with Gasteiger partial charge in [0.15, 0.2) is 0 Å². The van der Waals surface area contributed by atoms with Crippen LogP contribution in [0.3, 0.4) is 0 Å². The topological polar surface area (TPSA) is 55.1 Å². The minimum atomic E-state index is -0.447. The Labute approximate surface area is 129 Å². The molecule has 21 heavy (non-hydrogen) atoms. The number of carbonyl (C=O) groups excluding carboxylic acids is 1. The molecule has 108 valence electrons. The highest BCUT2D eigenvalue weighted by Gasteiger charge is 2.23. The molecular weight excluding hydrogens is 284 g/mol. The molecule has 0 heterocycles. The fourth-order valence-electron chi connectivity index (χ4n) is 2.85. The molecule has 3 nitrogen and oxygen atoms in total. The summed E-state index contributed by atoms with van der Waals surface area (Å²) in [4.78, 5) is 11.3. The first-order valence-electron chi connectivity index (χ1n) is 7.00. The van der Waals surface area contributed by atoms with Gasteiger partial charge in [0.05, 0.1) is 16.8 Å². The number of amides is 1. The van der Waals surface area contributed by atoms with Crippen LogP contribution in [0.1, 0.15) is 39.5 Å². The summed E-state index contributed by atoms with van der Waals surface area (Å²) in [6, 6.07) is 11.8. The summed E-state index contributed by atoms with van der Waals surface area (Å²) in [6.07, 6.45) is 2.08. The van der Waals surface area contributed by atoms with E-state index in [2.05, 4.69) is 30.4 Å². The lowest BCUT2D eigenvalue weighted by Gasteiger charge is -2.17. The molecule has 1 aliphatic rings. The molecule has 0 bridgehead atoms. The highest BCUT2D eigenvalue weighted by Crippen LogP contribution is 2.36. The number of hydrogen-bond donors (Lipinski definition) is 2. The molecule has 0 saturated carbocycles. The molecule has 0 fully saturated rings. The van der Waals surface area contributed by atoms with Gasteiger partial charge in [0.2, 0.25) is 5.91 Å². The van der Waals surface area contributed by atoms with Crippen molar-refractivity contribution in [2.24, 2.45) is 5.73 Å². The Morgan fingerprint density at radius 1 is 1.29 bits per heavy atom. The van der Waals surface area contributed by atoms with Crippen LogP contribution in [0.2, 0.25) is 5.02 Å². The Hall–Kier alpha value is -2.00. The van der Waals surface area contributed by atoms with E-state index in [9.17, 15) is 4.79 Å². The van der Waals surface area contributed by atoms with E-state index in [1.165, 1.54) is 16.7 Å². The highest BCUT2D eigenvalue weighted by molar-refractivity contribution is 6.33. The molecule has 1 unspecified atom stereocenters. The van der Waals surface area contributed by atoms with E-state index in [1.807, 2.05) is 0 Å². The smallest absolute Gasteiger partial charge is 0.248 e. The number of aryl methyl sites for hydroxylation is 2. The van der Waals surface area contributed by atoms with Gasteiger partial charge < -0.3 is 11.1 Å². The Kier molecular flexibility index (Phi) is 3.60. The van der Waals surface area contributed by atoms with Gasteiger partial charge in [-0.05, 0) is 49.1 Å². The molecule has 0 radical (unpaired) electrons. The van der Waals surface area contributed by atoms with Crippen molar-refractivity contribution in [1.82, 2.24) is 0 Å². The zero-order valence-corrected chi connectivity index (χ0v) is 12.6. The summed E-state index contributed by atoms with van der Waals surface area (Å²) in [5, 5.41) is 4.05. The van der Waals surface area contributed by atoms with Crippen LogP contribution < -0.4 is 11.1 Å². The number of rotatable bonds is 3. The molecule has 0 aromatic heterocycles. The SMILES string of the molecule is Cc1ccc2c(c1)C(Nc1cc(C(N)=O)ccc1Cl)CC2. The van der Waals surface area contributed by atoms with Crippen LogP contribution in [0, 0.1) is 6.92 Å². The Bertz CT molecular complexity index is 712. The summed E-state index contributed by atoms with van der Waals surface area (Å²) >= 11 is 6.22. The maximum absolute atomic E-state index is 11.3. The summed E-state index contributed by atoms with van der Waals surface area (Å²) in [6.45, 7) is 2.09. The third kappa shape index (κ3) is 2.74. The first-order chi connectivity index (χ1) is 10.0. The first-order valence-corrected chi connectivity index (χ1v) is 7.37. The van der Waals surface area contributed by atoms with E-state index in [1.54, 1.807) is 18.2 Å². The van der Waals surface area contributed by atoms with Crippen LogP contribution in [0.5, 0.6) is 0 Å². The normalized spacial score (nSPS) is 16.6. The number of nitrogens with one attached hydrogen (secondary N) is 1. The second kappa shape index (κ2) is 5.41. The van der Waals surface area contributed by atoms with Crippen LogP contribution in [0.4, 0.5) is 5.69 Å². The average molecular weight is 301 g/mol. The Morgan fingerprint density at radius 3 is 2.86 bits per heavy atom. The monoisotopic (exact) mass is 300 g/mol. The lowest BCUT2D eigenvalue weighted by Crippen LogP contribution is -2.13. The van der Waals surface area contributed by atoms with E-state index >= 15 is 0 Å². The summed E-state index contributed by atoms with van der Waals surface area (Å²) in [5.74, 6) is -0.447. The predicted octanol–water partition coefficient (Wildman–Crippen LogP) is 3.85. The third-order valence-electron chi connectivity index (χ3n) is 3.96. The number of nitrogens with two attached hydrogens (primary N) is 1. The summed E-state index contributed by atoms with van der Waals surface area (Å²) in [5.41, 5.74) is 10.5. The lowest BCUT2D eigenvalue weighted by atomic mass is 10.0. The van der Waals surface area contributed by atoms with E-state index < -0.39 is 5.91 Å². The van der Waals surface area contributed by atoms with Crippen molar-refractivity contribution in [1.29, 1.82) is 0 Å². The van der Waals surface area contributed by atoms with Gasteiger partial charge in [-0.1, -0.05) is 35.4 Å². The highest BCUT2D eigenvalue weighted by atomic mass is 35.5. The molecule has 1 aliphatic carbocycles. The van der Waals surface area contributed by atoms with Gasteiger partial charge in [-0.25, -0.2) is 0 Å². The third-order valence-corrected chi connectivity index (χ3v) is 4.29. The molecule has 0 aliphatic heterocycles. The predicted molar refractivity (Wildman–Crippen MR) is 85.8 cm³/mol. The molecule has 4 heteroatoms. The molecule has 0 spiro atoms. The quantitative estimate of drug-likeness (QED) is 0.904. The molecule has 3 rings (SSSR count). The van der Waals surface area contributed by atoms with Gasteiger partial charge in [0.25, 0.3) is 0 Å². The number of anilines is 1. The average Bonchev–Trinajstić information content (AvgIpc) is 2.83. The number of benzene rings is 2. The Balaban J connectivity index is 1.91. The minimum Gasteiger partial charge on any atom is -0.377 e. The number of halogens is 1. The zero-order valence-electron chi connectivity index (χ0n) is 11.8. The van der Waals surface area contributed by atoms with Gasteiger partial charge in [-0.15, -0.1) is 0 Å². The Morgan fingerprint density at radius 2 is 2.10 bits per heavy atom. The number of primary amides is 1. The maximum atomic E-state index is 11.3. The summed E-state index contributed by atoms with van der Waals surface area (Å²) in [7, 11) is 0. The van der Waals surface area contributed by atoms with E-state index in [0.29, 0.717) is 10.6 Å². The standard InChI is InChI=1S/C17H17ClN2O/c1-10-2-3-11-5-7-15(13(11)8-10)20-16-9-12(17(19)21)4-6-14(16)18/h2-4,6,8-9,15,20H,5,7H2,1H3,(H2,19,21). The molecular formula is C17H17ClN2O. The zero-order chi connectivity index (χ0) is 15.0.